The summed E-state index contributed by atoms with van der Waals surface area (Å²) in [7, 11) is 3.23. The average molecular weight is 424 g/mol. The van der Waals surface area contributed by atoms with Crippen molar-refractivity contribution in [2.45, 2.75) is 18.0 Å². The molecule has 2 aromatic carbocycles. The standard InChI is InChI=1S/C19H20N8O2S/c1-28-15-10-11-17(29-2)16(13-15)27-19(21-23-25-27)30-12-6-9-18-20-22-24-26(18)14-7-4-3-5-8-14/h3-5,7-8,10-11,13H,6,9,12H2,1-2H3. The van der Waals surface area contributed by atoms with E-state index < -0.39 is 0 Å². The van der Waals surface area contributed by atoms with Crippen LogP contribution in [0.15, 0.2) is 53.7 Å². The van der Waals surface area contributed by atoms with Crippen LogP contribution < -0.4 is 9.47 Å². The highest BCUT2D eigenvalue weighted by Crippen LogP contribution is 2.29. The molecular weight excluding hydrogens is 404 g/mol. The quantitative estimate of drug-likeness (QED) is 0.296. The van der Waals surface area contributed by atoms with Gasteiger partial charge < -0.3 is 9.47 Å². The summed E-state index contributed by atoms with van der Waals surface area (Å²) in [5, 5.41) is 24.8. The Bertz CT molecular complexity index is 1100. The molecule has 0 bridgehead atoms. The smallest absolute Gasteiger partial charge is 0.214 e. The Kier molecular flexibility index (Phi) is 6.18. The SMILES string of the molecule is COc1ccc(OC)c(-n2nnnc2SCCCc2nnnn2-c2ccccc2)c1. The number of rotatable bonds is 9. The molecule has 0 atom stereocenters. The van der Waals surface area contributed by atoms with E-state index in [1.807, 2.05) is 48.5 Å². The number of tetrazole rings is 2. The minimum absolute atomic E-state index is 0.659. The van der Waals surface area contributed by atoms with E-state index in [4.69, 9.17) is 9.47 Å². The Morgan fingerprint density at radius 2 is 1.70 bits per heavy atom. The number of aromatic nitrogens is 8. The van der Waals surface area contributed by atoms with Crippen molar-refractivity contribution in [1.29, 1.82) is 0 Å². The fourth-order valence-electron chi connectivity index (χ4n) is 2.91. The Balaban J connectivity index is 1.42. The molecule has 10 nitrogen and oxygen atoms in total. The third-order valence-electron chi connectivity index (χ3n) is 4.37. The first-order chi connectivity index (χ1) is 14.8. The van der Waals surface area contributed by atoms with E-state index >= 15 is 0 Å². The predicted molar refractivity (Wildman–Crippen MR) is 110 cm³/mol. The van der Waals surface area contributed by atoms with Crippen molar-refractivity contribution in [3.05, 3.63) is 54.4 Å². The molecule has 154 valence electrons. The molecular formula is C19H20N8O2S. The van der Waals surface area contributed by atoms with Gasteiger partial charge in [0.25, 0.3) is 0 Å². The number of thioether (sulfide) groups is 1. The first-order valence-corrected chi connectivity index (χ1v) is 10.2. The monoisotopic (exact) mass is 424 g/mol. The van der Waals surface area contributed by atoms with E-state index in [0.29, 0.717) is 16.7 Å². The Hall–Kier alpha value is -3.47. The van der Waals surface area contributed by atoms with E-state index in [2.05, 4.69) is 31.1 Å². The van der Waals surface area contributed by atoms with E-state index in [9.17, 15) is 0 Å². The van der Waals surface area contributed by atoms with Crippen molar-refractivity contribution in [3.8, 4) is 22.9 Å². The summed E-state index contributed by atoms with van der Waals surface area (Å²) in [6.07, 6.45) is 1.60. The van der Waals surface area contributed by atoms with Crippen molar-refractivity contribution in [2.75, 3.05) is 20.0 Å². The fourth-order valence-corrected chi connectivity index (χ4v) is 3.73. The first-order valence-electron chi connectivity index (χ1n) is 9.26. The molecule has 0 aliphatic carbocycles. The second-order valence-electron chi connectivity index (χ2n) is 6.21. The van der Waals surface area contributed by atoms with E-state index in [1.165, 1.54) is 0 Å². The van der Waals surface area contributed by atoms with Gasteiger partial charge in [0, 0.05) is 18.2 Å². The van der Waals surface area contributed by atoms with Gasteiger partial charge in [0.2, 0.25) is 5.16 Å². The predicted octanol–water partition coefficient (Wildman–Crippen LogP) is 2.38. The summed E-state index contributed by atoms with van der Waals surface area (Å²) in [6, 6.07) is 15.3. The van der Waals surface area contributed by atoms with Crippen LogP contribution in [0.5, 0.6) is 11.5 Å². The van der Waals surface area contributed by atoms with Gasteiger partial charge in [-0.15, -0.1) is 10.2 Å². The van der Waals surface area contributed by atoms with Gasteiger partial charge in [-0.3, -0.25) is 0 Å². The molecule has 0 saturated heterocycles. The lowest BCUT2D eigenvalue weighted by Gasteiger charge is -2.11. The molecule has 0 N–H and O–H groups in total. The molecule has 0 spiro atoms. The van der Waals surface area contributed by atoms with Gasteiger partial charge >= 0.3 is 0 Å². The largest absolute Gasteiger partial charge is 0.497 e. The lowest BCUT2D eigenvalue weighted by Crippen LogP contribution is -2.04. The molecule has 0 amide bonds. The van der Waals surface area contributed by atoms with Crippen LogP contribution in [0.4, 0.5) is 0 Å². The van der Waals surface area contributed by atoms with Crippen LogP contribution in [-0.4, -0.2) is 60.4 Å². The van der Waals surface area contributed by atoms with Gasteiger partial charge in [0.1, 0.15) is 17.2 Å². The van der Waals surface area contributed by atoms with Crippen molar-refractivity contribution in [2.24, 2.45) is 0 Å². The molecule has 2 heterocycles. The van der Waals surface area contributed by atoms with Crippen LogP contribution in [0.3, 0.4) is 0 Å². The topological polar surface area (TPSA) is 106 Å². The highest BCUT2D eigenvalue weighted by molar-refractivity contribution is 7.99. The first kappa shape index (κ1) is 19.8. The second-order valence-corrected chi connectivity index (χ2v) is 7.27. The minimum atomic E-state index is 0.659. The number of ether oxygens (including phenoxy) is 2. The van der Waals surface area contributed by atoms with Crippen LogP contribution in [0.25, 0.3) is 11.4 Å². The molecule has 4 aromatic rings. The van der Waals surface area contributed by atoms with Crippen molar-refractivity contribution in [1.82, 2.24) is 40.4 Å². The van der Waals surface area contributed by atoms with E-state index in [1.54, 1.807) is 35.3 Å². The number of nitrogens with zero attached hydrogens (tertiary/aromatic N) is 8. The van der Waals surface area contributed by atoms with Crippen LogP contribution in [0.2, 0.25) is 0 Å². The number of para-hydroxylation sites is 1. The Morgan fingerprint density at radius 1 is 0.900 bits per heavy atom. The highest BCUT2D eigenvalue weighted by Gasteiger charge is 2.15. The average Bonchev–Trinajstić information content (AvgIpc) is 3.46. The summed E-state index contributed by atoms with van der Waals surface area (Å²) in [5.74, 6) is 2.97. The minimum Gasteiger partial charge on any atom is -0.497 e. The molecule has 0 unspecified atom stereocenters. The lowest BCUT2D eigenvalue weighted by molar-refractivity contribution is 0.399. The summed E-state index contributed by atoms with van der Waals surface area (Å²) in [4.78, 5) is 0. The maximum atomic E-state index is 5.45. The van der Waals surface area contributed by atoms with Crippen molar-refractivity contribution < 1.29 is 9.47 Å². The zero-order valence-corrected chi connectivity index (χ0v) is 17.4. The number of hydrogen-bond acceptors (Lipinski definition) is 9. The van der Waals surface area contributed by atoms with Gasteiger partial charge in [-0.2, -0.15) is 9.36 Å². The van der Waals surface area contributed by atoms with Gasteiger partial charge in [0.15, 0.2) is 5.82 Å². The summed E-state index contributed by atoms with van der Waals surface area (Å²) in [6.45, 7) is 0. The van der Waals surface area contributed by atoms with Crippen molar-refractivity contribution in [3.63, 3.8) is 0 Å². The van der Waals surface area contributed by atoms with Gasteiger partial charge in [-0.05, 0) is 51.5 Å². The normalized spacial score (nSPS) is 10.9. The Morgan fingerprint density at radius 3 is 2.50 bits per heavy atom. The maximum absolute atomic E-state index is 5.45. The maximum Gasteiger partial charge on any atom is 0.214 e. The van der Waals surface area contributed by atoms with Crippen molar-refractivity contribution >= 4 is 11.8 Å². The molecule has 0 fully saturated rings. The number of aryl methyl sites for hydroxylation is 1. The molecule has 30 heavy (non-hydrogen) atoms. The summed E-state index contributed by atoms with van der Waals surface area (Å²) in [5.41, 5.74) is 1.66. The van der Waals surface area contributed by atoms with E-state index in [-0.39, 0.29) is 0 Å². The molecule has 4 rings (SSSR count). The third-order valence-corrected chi connectivity index (χ3v) is 5.37. The van der Waals surface area contributed by atoms with Gasteiger partial charge in [-0.25, -0.2) is 0 Å². The fraction of sp³-hybridized carbons (Fsp3) is 0.263. The third kappa shape index (κ3) is 4.25. The molecule has 11 heteroatoms. The van der Waals surface area contributed by atoms with Gasteiger partial charge in [-0.1, -0.05) is 30.0 Å². The van der Waals surface area contributed by atoms with Crippen LogP contribution in [-0.2, 0) is 6.42 Å². The Labute approximate surface area is 177 Å². The molecule has 2 aromatic heterocycles. The lowest BCUT2D eigenvalue weighted by atomic mass is 10.3. The van der Waals surface area contributed by atoms with Crippen LogP contribution >= 0.6 is 11.8 Å². The zero-order valence-electron chi connectivity index (χ0n) is 16.5. The number of methoxy groups -OCH3 is 2. The zero-order chi connectivity index (χ0) is 20.8. The van der Waals surface area contributed by atoms with Gasteiger partial charge in [0.05, 0.1) is 19.9 Å². The number of hydrogen-bond donors (Lipinski definition) is 0. The molecule has 0 saturated carbocycles. The van der Waals surface area contributed by atoms with E-state index in [0.717, 1.165) is 35.8 Å². The highest BCUT2D eigenvalue weighted by atomic mass is 32.2. The van der Waals surface area contributed by atoms with Crippen LogP contribution in [0, 0.1) is 0 Å². The summed E-state index contributed by atoms with van der Waals surface area (Å²) < 4.78 is 14.2. The van der Waals surface area contributed by atoms with Crippen LogP contribution in [0.1, 0.15) is 12.2 Å². The molecule has 0 aliphatic heterocycles. The summed E-state index contributed by atoms with van der Waals surface area (Å²) >= 11 is 1.56. The molecule has 0 radical (unpaired) electrons. The molecule has 0 aliphatic rings. The second kappa shape index (κ2) is 9.35. The number of benzene rings is 2.